The molecular weight excluding hydrogens is 414 g/mol. The van der Waals surface area contributed by atoms with Crippen molar-refractivity contribution in [2.75, 3.05) is 4.90 Å². The summed E-state index contributed by atoms with van der Waals surface area (Å²) in [6.07, 6.45) is 0. The third kappa shape index (κ3) is 2.82. The van der Waals surface area contributed by atoms with E-state index in [4.69, 9.17) is 4.42 Å². The zero-order valence-corrected chi connectivity index (χ0v) is 18.5. The molecule has 0 N–H and O–H groups in total. The standard InChI is InChI=1S/C32H21NO/c1-3-12-23(13-4-1)33(24-14-5-2-6-15-24)28-21-30-32(27-18-10-9-17-26(27)28)31-25-16-8-7-11-22(25)19-20-29(31)34-30/h1-21H. The van der Waals surface area contributed by atoms with Gasteiger partial charge in [-0.05, 0) is 46.5 Å². The summed E-state index contributed by atoms with van der Waals surface area (Å²) < 4.78 is 6.50. The van der Waals surface area contributed by atoms with Crippen molar-refractivity contribution in [3.8, 4) is 0 Å². The predicted octanol–water partition coefficient (Wildman–Crippen LogP) is 9.36. The van der Waals surface area contributed by atoms with Gasteiger partial charge in [0.05, 0.1) is 5.69 Å². The Morgan fingerprint density at radius 1 is 0.441 bits per heavy atom. The lowest BCUT2D eigenvalue weighted by Crippen LogP contribution is -2.10. The second-order valence-corrected chi connectivity index (χ2v) is 8.58. The number of benzene rings is 6. The smallest absolute Gasteiger partial charge is 0.138 e. The molecule has 6 aromatic carbocycles. The molecule has 0 amide bonds. The summed E-state index contributed by atoms with van der Waals surface area (Å²) in [5.74, 6) is 0. The van der Waals surface area contributed by atoms with Gasteiger partial charge in [0.1, 0.15) is 11.2 Å². The molecule has 0 fully saturated rings. The van der Waals surface area contributed by atoms with Crippen molar-refractivity contribution < 1.29 is 4.42 Å². The highest BCUT2D eigenvalue weighted by Crippen LogP contribution is 2.45. The van der Waals surface area contributed by atoms with E-state index in [2.05, 4.69) is 132 Å². The number of anilines is 3. The fourth-order valence-electron chi connectivity index (χ4n) is 5.15. The minimum absolute atomic E-state index is 0.900. The molecule has 0 bridgehead atoms. The number of hydrogen-bond acceptors (Lipinski definition) is 2. The molecule has 2 heteroatoms. The molecule has 7 rings (SSSR count). The Morgan fingerprint density at radius 3 is 1.71 bits per heavy atom. The van der Waals surface area contributed by atoms with Crippen LogP contribution in [0.4, 0.5) is 17.1 Å². The van der Waals surface area contributed by atoms with Gasteiger partial charge >= 0.3 is 0 Å². The van der Waals surface area contributed by atoms with Crippen LogP contribution >= 0.6 is 0 Å². The number of nitrogens with zero attached hydrogens (tertiary/aromatic N) is 1. The topological polar surface area (TPSA) is 16.4 Å². The van der Waals surface area contributed by atoms with E-state index in [1.54, 1.807) is 0 Å². The van der Waals surface area contributed by atoms with Crippen molar-refractivity contribution in [2.45, 2.75) is 0 Å². The van der Waals surface area contributed by atoms with Crippen molar-refractivity contribution in [1.29, 1.82) is 0 Å². The van der Waals surface area contributed by atoms with Gasteiger partial charge in [-0.2, -0.15) is 0 Å². The van der Waals surface area contributed by atoms with Gasteiger partial charge in [-0.15, -0.1) is 0 Å². The molecule has 0 aliphatic heterocycles. The summed E-state index contributed by atoms with van der Waals surface area (Å²) >= 11 is 0. The summed E-state index contributed by atoms with van der Waals surface area (Å²) in [6.45, 7) is 0. The lowest BCUT2D eigenvalue weighted by Gasteiger charge is -2.27. The molecule has 34 heavy (non-hydrogen) atoms. The predicted molar refractivity (Wildman–Crippen MR) is 143 cm³/mol. The van der Waals surface area contributed by atoms with Gasteiger partial charge in [0, 0.05) is 33.6 Å². The molecule has 7 aromatic rings. The van der Waals surface area contributed by atoms with Gasteiger partial charge in [-0.3, -0.25) is 0 Å². The molecule has 0 aliphatic carbocycles. The van der Waals surface area contributed by atoms with Gasteiger partial charge in [0.2, 0.25) is 0 Å². The van der Waals surface area contributed by atoms with Gasteiger partial charge < -0.3 is 9.32 Å². The highest BCUT2D eigenvalue weighted by atomic mass is 16.3. The second kappa shape index (κ2) is 7.50. The third-order valence-electron chi connectivity index (χ3n) is 6.62. The van der Waals surface area contributed by atoms with E-state index in [9.17, 15) is 0 Å². The number of furan rings is 1. The fourth-order valence-corrected chi connectivity index (χ4v) is 5.15. The molecule has 0 spiro atoms. The number of rotatable bonds is 3. The highest BCUT2D eigenvalue weighted by molar-refractivity contribution is 6.28. The average molecular weight is 436 g/mol. The van der Waals surface area contributed by atoms with Crippen LogP contribution in [0.15, 0.2) is 132 Å². The molecule has 160 valence electrons. The number of fused-ring (bicyclic) bond motifs is 7. The van der Waals surface area contributed by atoms with Crippen LogP contribution in [0.2, 0.25) is 0 Å². The Hall–Kier alpha value is -4.56. The summed E-state index contributed by atoms with van der Waals surface area (Å²) in [4.78, 5) is 2.31. The molecule has 1 aromatic heterocycles. The number of para-hydroxylation sites is 2. The van der Waals surface area contributed by atoms with Crippen molar-refractivity contribution >= 4 is 60.5 Å². The van der Waals surface area contributed by atoms with Crippen molar-refractivity contribution in [3.63, 3.8) is 0 Å². The summed E-state index contributed by atoms with van der Waals surface area (Å²) in [5, 5.41) is 7.19. The Bertz CT molecular complexity index is 1760. The molecular formula is C32H21NO. The monoisotopic (exact) mass is 435 g/mol. The largest absolute Gasteiger partial charge is 0.456 e. The Morgan fingerprint density at radius 2 is 1.00 bits per heavy atom. The zero-order valence-electron chi connectivity index (χ0n) is 18.5. The van der Waals surface area contributed by atoms with Crippen LogP contribution in [0.3, 0.4) is 0 Å². The maximum absolute atomic E-state index is 6.50. The van der Waals surface area contributed by atoms with E-state index >= 15 is 0 Å². The zero-order chi connectivity index (χ0) is 22.5. The van der Waals surface area contributed by atoms with E-state index in [1.165, 1.54) is 32.3 Å². The van der Waals surface area contributed by atoms with E-state index < -0.39 is 0 Å². The summed E-state index contributed by atoms with van der Waals surface area (Å²) in [6, 6.07) is 44.7. The first-order valence-electron chi connectivity index (χ1n) is 11.5. The van der Waals surface area contributed by atoms with Crippen LogP contribution in [0.1, 0.15) is 0 Å². The van der Waals surface area contributed by atoms with Crippen LogP contribution in [0.25, 0.3) is 43.5 Å². The fraction of sp³-hybridized carbons (Fsp3) is 0. The Labute approximate surface area is 197 Å². The Kier molecular flexibility index (Phi) is 4.18. The SMILES string of the molecule is c1ccc(N(c2ccccc2)c2cc3oc4ccc5ccccc5c4c3c3ccccc23)cc1. The van der Waals surface area contributed by atoms with Gasteiger partial charge in [0.25, 0.3) is 0 Å². The molecule has 0 saturated heterocycles. The van der Waals surface area contributed by atoms with E-state index in [1.807, 2.05) is 0 Å². The van der Waals surface area contributed by atoms with Crippen LogP contribution in [-0.4, -0.2) is 0 Å². The van der Waals surface area contributed by atoms with Crippen molar-refractivity contribution in [2.24, 2.45) is 0 Å². The summed E-state index contributed by atoms with van der Waals surface area (Å²) in [5.41, 5.74) is 5.14. The summed E-state index contributed by atoms with van der Waals surface area (Å²) in [7, 11) is 0. The molecule has 0 radical (unpaired) electrons. The molecule has 0 saturated carbocycles. The minimum atomic E-state index is 0.900. The first-order valence-corrected chi connectivity index (χ1v) is 11.5. The van der Waals surface area contributed by atoms with Gasteiger partial charge in [-0.1, -0.05) is 91.0 Å². The molecule has 0 atom stereocenters. The molecule has 0 aliphatic rings. The van der Waals surface area contributed by atoms with Crippen LogP contribution in [0.5, 0.6) is 0 Å². The van der Waals surface area contributed by atoms with Gasteiger partial charge in [0.15, 0.2) is 0 Å². The molecule has 2 nitrogen and oxygen atoms in total. The van der Waals surface area contributed by atoms with Crippen molar-refractivity contribution in [1.82, 2.24) is 0 Å². The first-order chi connectivity index (χ1) is 16.9. The normalized spacial score (nSPS) is 11.5. The third-order valence-corrected chi connectivity index (χ3v) is 6.62. The van der Waals surface area contributed by atoms with Crippen LogP contribution < -0.4 is 4.90 Å². The van der Waals surface area contributed by atoms with Crippen LogP contribution in [0, 0.1) is 0 Å². The van der Waals surface area contributed by atoms with Gasteiger partial charge in [-0.25, -0.2) is 0 Å². The van der Waals surface area contributed by atoms with E-state index in [0.29, 0.717) is 0 Å². The highest BCUT2D eigenvalue weighted by Gasteiger charge is 2.20. The second-order valence-electron chi connectivity index (χ2n) is 8.58. The number of hydrogen-bond donors (Lipinski definition) is 0. The Balaban J connectivity index is 1.63. The molecule has 0 unspecified atom stereocenters. The van der Waals surface area contributed by atoms with Crippen LogP contribution in [-0.2, 0) is 0 Å². The average Bonchev–Trinajstić information content (AvgIpc) is 3.29. The lowest BCUT2D eigenvalue weighted by molar-refractivity contribution is 0.669. The quantitative estimate of drug-likeness (QED) is 0.275. The first kappa shape index (κ1) is 19.0. The minimum Gasteiger partial charge on any atom is -0.456 e. The lowest BCUT2D eigenvalue weighted by atomic mass is 9.98. The van der Waals surface area contributed by atoms with Crippen molar-refractivity contribution in [3.05, 3.63) is 127 Å². The maximum atomic E-state index is 6.50. The molecule has 1 heterocycles. The maximum Gasteiger partial charge on any atom is 0.138 e. The van der Waals surface area contributed by atoms with E-state index in [-0.39, 0.29) is 0 Å². The van der Waals surface area contributed by atoms with E-state index in [0.717, 1.165) is 28.2 Å².